The van der Waals surface area contributed by atoms with E-state index >= 15 is 0 Å². The van der Waals surface area contributed by atoms with E-state index in [0.29, 0.717) is 18.0 Å². The Hall–Kier alpha value is -2.89. The molecule has 2 rings (SSSR count). The Morgan fingerprint density at radius 3 is 2.52 bits per heavy atom. The lowest BCUT2D eigenvalue weighted by molar-refractivity contribution is -0.119. The molecule has 0 aliphatic carbocycles. The van der Waals surface area contributed by atoms with Crippen molar-refractivity contribution in [3.8, 4) is 5.75 Å². The Kier molecular flexibility index (Phi) is 5.68. The maximum Gasteiger partial charge on any atom is 0.338 e. The van der Waals surface area contributed by atoms with Crippen LogP contribution in [-0.4, -0.2) is 25.1 Å². The molecule has 0 saturated carbocycles. The zero-order valence-corrected chi connectivity index (χ0v) is 12.5. The van der Waals surface area contributed by atoms with Crippen molar-refractivity contribution in [2.75, 3.05) is 18.5 Å². The minimum Gasteiger partial charge on any atom is -0.494 e. The largest absolute Gasteiger partial charge is 0.494 e. The van der Waals surface area contributed by atoms with Gasteiger partial charge in [0.1, 0.15) is 11.6 Å². The van der Waals surface area contributed by atoms with E-state index in [1.807, 2.05) is 6.92 Å². The van der Waals surface area contributed by atoms with Crippen molar-refractivity contribution >= 4 is 17.6 Å². The third-order valence-corrected chi connectivity index (χ3v) is 2.84. The van der Waals surface area contributed by atoms with Gasteiger partial charge < -0.3 is 14.8 Å². The predicted octanol–water partition coefficient (Wildman–Crippen LogP) is 3.02. The number of nitrogens with one attached hydrogen (secondary N) is 1. The topological polar surface area (TPSA) is 64.6 Å². The number of hydrogen-bond donors (Lipinski definition) is 1. The van der Waals surface area contributed by atoms with Gasteiger partial charge in [0.2, 0.25) is 0 Å². The highest BCUT2D eigenvalue weighted by molar-refractivity contribution is 5.95. The van der Waals surface area contributed by atoms with Gasteiger partial charge in [0, 0.05) is 5.69 Å². The van der Waals surface area contributed by atoms with Crippen molar-refractivity contribution < 1.29 is 23.5 Å². The van der Waals surface area contributed by atoms with E-state index in [1.54, 1.807) is 24.3 Å². The van der Waals surface area contributed by atoms with Crippen LogP contribution in [0, 0.1) is 5.82 Å². The van der Waals surface area contributed by atoms with Gasteiger partial charge in [-0.2, -0.15) is 0 Å². The fourth-order valence-electron chi connectivity index (χ4n) is 1.83. The van der Waals surface area contributed by atoms with Gasteiger partial charge in [-0.25, -0.2) is 9.18 Å². The average Bonchev–Trinajstić information content (AvgIpc) is 2.55. The second-order valence-electron chi connectivity index (χ2n) is 4.59. The molecule has 1 N–H and O–H groups in total. The lowest BCUT2D eigenvalue weighted by atomic mass is 10.2. The smallest absolute Gasteiger partial charge is 0.338 e. The molecule has 0 aromatic heterocycles. The number of rotatable bonds is 6. The van der Waals surface area contributed by atoms with E-state index in [9.17, 15) is 14.0 Å². The Morgan fingerprint density at radius 2 is 1.87 bits per heavy atom. The number of hydrogen-bond acceptors (Lipinski definition) is 4. The maximum atomic E-state index is 13.0. The van der Waals surface area contributed by atoms with E-state index in [2.05, 4.69) is 5.32 Å². The van der Waals surface area contributed by atoms with Crippen molar-refractivity contribution in [1.82, 2.24) is 0 Å². The van der Waals surface area contributed by atoms with E-state index in [4.69, 9.17) is 9.47 Å². The van der Waals surface area contributed by atoms with Crippen LogP contribution in [-0.2, 0) is 9.53 Å². The molecule has 1 amide bonds. The van der Waals surface area contributed by atoms with Gasteiger partial charge in [-0.05, 0) is 49.4 Å². The normalized spacial score (nSPS) is 10.0. The Labute approximate surface area is 133 Å². The van der Waals surface area contributed by atoms with Crippen LogP contribution in [0.25, 0.3) is 0 Å². The minimum absolute atomic E-state index is 0.0545. The number of esters is 1. The summed E-state index contributed by atoms with van der Waals surface area (Å²) in [7, 11) is 0. The van der Waals surface area contributed by atoms with Crippen molar-refractivity contribution in [3.05, 3.63) is 59.9 Å². The second kappa shape index (κ2) is 7.93. The molecule has 0 radical (unpaired) electrons. The molecule has 0 heterocycles. The summed E-state index contributed by atoms with van der Waals surface area (Å²) in [6, 6.07) is 11.9. The van der Waals surface area contributed by atoms with Gasteiger partial charge in [-0.15, -0.1) is 0 Å². The highest BCUT2D eigenvalue weighted by Gasteiger charge is 2.11. The summed E-state index contributed by atoms with van der Waals surface area (Å²) < 4.78 is 23.1. The van der Waals surface area contributed by atoms with Gasteiger partial charge in [-0.3, -0.25) is 4.79 Å². The SMILES string of the molecule is CCOc1ccc(NC(=O)COC(=O)c2cccc(F)c2)cc1. The number of ether oxygens (including phenoxy) is 2. The molecule has 2 aromatic carbocycles. The van der Waals surface area contributed by atoms with Crippen LogP contribution in [0.2, 0.25) is 0 Å². The van der Waals surface area contributed by atoms with E-state index in [0.717, 1.165) is 6.07 Å². The molecule has 0 saturated heterocycles. The van der Waals surface area contributed by atoms with Crippen LogP contribution in [0.3, 0.4) is 0 Å². The first-order valence-electron chi connectivity index (χ1n) is 7.04. The van der Waals surface area contributed by atoms with Crippen LogP contribution in [0.15, 0.2) is 48.5 Å². The van der Waals surface area contributed by atoms with Crippen molar-refractivity contribution in [3.63, 3.8) is 0 Å². The number of halogens is 1. The number of carbonyl (C=O) groups is 2. The highest BCUT2D eigenvalue weighted by Crippen LogP contribution is 2.15. The maximum absolute atomic E-state index is 13.0. The van der Waals surface area contributed by atoms with E-state index < -0.39 is 24.3 Å². The standard InChI is InChI=1S/C17H16FNO4/c1-2-22-15-8-6-14(7-9-15)19-16(20)11-23-17(21)12-4-3-5-13(18)10-12/h3-10H,2,11H2,1H3,(H,19,20). The molecule has 0 unspecified atom stereocenters. The van der Waals surface area contributed by atoms with Crippen LogP contribution in [0.1, 0.15) is 17.3 Å². The zero-order valence-electron chi connectivity index (χ0n) is 12.5. The lowest BCUT2D eigenvalue weighted by Crippen LogP contribution is -2.20. The summed E-state index contributed by atoms with van der Waals surface area (Å²) in [6.07, 6.45) is 0. The van der Waals surface area contributed by atoms with Gasteiger partial charge in [0.05, 0.1) is 12.2 Å². The molecule has 0 atom stereocenters. The number of anilines is 1. The molecular weight excluding hydrogens is 301 g/mol. The predicted molar refractivity (Wildman–Crippen MR) is 82.9 cm³/mol. The van der Waals surface area contributed by atoms with Crippen molar-refractivity contribution in [1.29, 1.82) is 0 Å². The van der Waals surface area contributed by atoms with Gasteiger partial charge in [0.15, 0.2) is 6.61 Å². The molecule has 0 bridgehead atoms. The first kappa shape index (κ1) is 16.5. The number of benzene rings is 2. The molecule has 0 aliphatic heterocycles. The summed E-state index contributed by atoms with van der Waals surface area (Å²) >= 11 is 0. The monoisotopic (exact) mass is 317 g/mol. The number of amides is 1. The molecule has 2 aromatic rings. The highest BCUT2D eigenvalue weighted by atomic mass is 19.1. The van der Waals surface area contributed by atoms with Gasteiger partial charge in [0.25, 0.3) is 5.91 Å². The Morgan fingerprint density at radius 1 is 1.13 bits per heavy atom. The molecule has 120 valence electrons. The summed E-state index contributed by atoms with van der Waals surface area (Å²) in [6.45, 7) is 1.98. The molecule has 5 nitrogen and oxygen atoms in total. The Bertz CT molecular complexity index is 685. The fourth-order valence-corrected chi connectivity index (χ4v) is 1.83. The van der Waals surface area contributed by atoms with E-state index in [-0.39, 0.29) is 5.56 Å². The molecular formula is C17H16FNO4. The van der Waals surface area contributed by atoms with Crippen molar-refractivity contribution in [2.45, 2.75) is 6.92 Å². The van der Waals surface area contributed by atoms with Crippen LogP contribution < -0.4 is 10.1 Å². The Balaban J connectivity index is 1.84. The molecule has 0 aliphatic rings. The van der Waals surface area contributed by atoms with Crippen molar-refractivity contribution in [2.24, 2.45) is 0 Å². The average molecular weight is 317 g/mol. The van der Waals surface area contributed by atoms with Gasteiger partial charge in [-0.1, -0.05) is 6.07 Å². The third kappa shape index (κ3) is 5.10. The molecule has 0 fully saturated rings. The van der Waals surface area contributed by atoms with Crippen LogP contribution in [0.4, 0.5) is 10.1 Å². The molecule has 6 heteroatoms. The molecule has 0 spiro atoms. The summed E-state index contributed by atoms with van der Waals surface area (Å²) in [4.78, 5) is 23.4. The summed E-state index contributed by atoms with van der Waals surface area (Å²) in [5, 5.41) is 2.58. The quantitative estimate of drug-likeness (QED) is 0.832. The van der Waals surface area contributed by atoms with Gasteiger partial charge >= 0.3 is 5.97 Å². The summed E-state index contributed by atoms with van der Waals surface area (Å²) in [5.41, 5.74) is 0.610. The van der Waals surface area contributed by atoms with Crippen LogP contribution in [0.5, 0.6) is 5.75 Å². The number of carbonyl (C=O) groups excluding carboxylic acids is 2. The first-order valence-corrected chi connectivity index (χ1v) is 7.04. The fraction of sp³-hybridized carbons (Fsp3) is 0.176. The first-order chi connectivity index (χ1) is 11.1. The zero-order chi connectivity index (χ0) is 16.7. The third-order valence-electron chi connectivity index (χ3n) is 2.84. The second-order valence-corrected chi connectivity index (χ2v) is 4.59. The van der Waals surface area contributed by atoms with Crippen LogP contribution >= 0.6 is 0 Å². The van der Waals surface area contributed by atoms with E-state index in [1.165, 1.54) is 18.2 Å². The lowest BCUT2D eigenvalue weighted by Gasteiger charge is -2.08. The summed E-state index contributed by atoms with van der Waals surface area (Å²) in [5.74, 6) is -1.09. The minimum atomic E-state index is -0.758. The molecule has 23 heavy (non-hydrogen) atoms.